The Kier molecular flexibility index (Phi) is 4.47. The van der Waals surface area contributed by atoms with Crippen molar-refractivity contribution in [2.75, 3.05) is 5.75 Å². The molecule has 3 heterocycles. The first-order valence-corrected chi connectivity index (χ1v) is 8.77. The second-order valence-electron chi connectivity index (χ2n) is 6.06. The summed E-state index contributed by atoms with van der Waals surface area (Å²) < 4.78 is 0. The predicted molar refractivity (Wildman–Crippen MR) is 81.9 cm³/mol. The zero-order valence-electron chi connectivity index (χ0n) is 12.5. The van der Waals surface area contributed by atoms with Crippen molar-refractivity contribution in [2.45, 2.75) is 55.5 Å². The van der Waals surface area contributed by atoms with Crippen LogP contribution in [0.15, 0.2) is 0 Å². The molecule has 1 unspecified atom stereocenters. The molecule has 0 aliphatic carbocycles. The van der Waals surface area contributed by atoms with E-state index in [4.69, 9.17) is 5.11 Å². The Morgan fingerprint density at radius 1 is 1.26 bits per heavy atom. The summed E-state index contributed by atoms with van der Waals surface area (Å²) >= 11 is 1.62. The molecule has 3 rings (SSSR count). The molecule has 3 N–H and O–H groups in total. The van der Waals surface area contributed by atoms with Gasteiger partial charge in [0.2, 0.25) is 11.8 Å². The topological polar surface area (TPSA) is 116 Å². The predicted octanol–water partition coefficient (Wildman–Crippen LogP) is -0.0757. The lowest BCUT2D eigenvalue weighted by molar-refractivity contribution is -0.141. The maximum absolute atomic E-state index is 12.1. The molecular weight excluding hydrogens is 322 g/mol. The summed E-state index contributed by atoms with van der Waals surface area (Å²) in [7, 11) is 0. The van der Waals surface area contributed by atoms with Gasteiger partial charge in [-0.3, -0.25) is 19.3 Å². The highest BCUT2D eigenvalue weighted by Crippen LogP contribution is 2.37. The van der Waals surface area contributed by atoms with E-state index in [1.165, 1.54) is 4.90 Å². The monoisotopic (exact) mass is 341 g/mol. The highest BCUT2D eigenvalue weighted by Gasteiger charge is 2.50. The maximum atomic E-state index is 12.1. The molecule has 3 aliphatic rings. The van der Waals surface area contributed by atoms with E-state index in [1.807, 2.05) is 0 Å². The molecule has 126 valence electrons. The number of urea groups is 1. The number of carboxylic acid groups (broad SMARTS) is 1. The Morgan fingerprint density at radius 2 is 1.96 bits per heavy atom. The van der Waals surface area contributed by atoms with Crippen LogP contribution in [0.4, 0.5) is 4.79 Å². The molecular formula is C14H19N3O5S. The van der Waals surface area contributed by atoms with Crippen LogP contribution in [-0.4, -0.2) is 62.9 Å². The van der Waals surface area contributed by atoms with Crippen molar-refractivity contribution < 1.29 is 24.3 Å². The van der Waals surface area contributed by atoms with E-state index in [-0.39, 0.29) is 60.5 Å². The molecule has 8 nitrogen and oxygen atoms in total. The average molecular weight is 341 g/mol. The molecule has 0 aromatic rings. The summed E-state index contributed by atoms with van der Waals surface area (Å²) in [6.45, 7) is 0. The van der Waals surface area contributed by atoms with Crippen LogP contribution >= 0.6 is 11.8 Å². The lowest BCUT2D eigenvalue weighted by Gasteiger charge is -2.33. The number of rotatable bonds is 6. The minimum atomic E-state index is -0.893. The molecule has 0 saturated carbocycles. The summed E-state index contributed by atoms with van der Waals surface area (Å²) in [6, 6.07) is -0.735. The lowest BCUT2D eigenvalue weighted by Crippen LogP contribution is -2.52. The molecule has 9 heteroatoms. The van der Waals surface area contributed by atoms with Crippen LogP contribution in [0, 0.1) is 0 Å². The molecule has 4 atom stereocenters. The van der Waals surface area contributed by atoms with Crippen LogP contribution in [0.2, 0.25) is 0 Å². The third-order valence-corrected chi connectivity index (χ3v) is 6.11. The number of amides is 4. The van der Waals surface area contributed by atoms with Gasteiger partial charge in [0.1, 0.15) is 0 Å². The van der Waals surface area contributed by atoms with Gasteiger partial charge in [0.15, 0.2) is 0 Å². The second-order valence-corrected chi connectivity index (χ2v) is 7.27. The number of hydrogen-bond donors (Lipinski definition) is 3. The van der Waals surface area contributed by atoms with E-state index in [0.717, 1.165) is 5.75 Å². The Morgan fingerprint density at radius 3 is 2.61 bits per heavy atom. The van der Waals surface area contributed by atoms with Crippen LogP contribution < -0.4 is 10.6 Å². The smallest absolute Gasteiger partial charge is 0.315 e. The number of imide groups is 1. The molecule has 0 spiro atoms. The standard InChI is InChI=1S/C14H19N3O5S/c18-9-4-5-10(19)17(9)8(2-1-3-11(20)21)13-12-7(6-23-13)15-14(22)16-12/h7-8,12-13H,1-6H2,(H,20,21)(H2,15,16,22)/t7-,8?,12-,13+/m0/s1. The van der Waals surface area contributed by atoms with Crippen molar-refractivity contribution in [1.29, 1.82) is 0 Å². The fraction of sp³-hybridized carbons (Fsp3) is 0.714. The Balaban J connectivity index is 1.77. The van der Waals surface area contributed by atoms with Crippen molar-refractivity contribution in [1.82, 2.24) is 15.5 Å². The summed E-state index contributed by atoms with van der Waals surface area (Å²) in [6.07, 6.45) is 1.27. The van der Waals surface area contributed by atoms with Crippen LogP contribution in [0.1, 0.15) is 32.1 Å². The van der Waals surface area contributed by atoms with Crippen molar-refractivity contribution in [3.8, 4) is 0 Å². The van der Waals surface area contributed by atoms with E-state index < -0.39 is 5.97 Å². The Labute approximate surface area is 137 Å². The summed E-state index contributed by atoms with van der Waals surface area (Å²) in [5.41, 5.74) is 0. The number of carbonyl (C=O) groups is 4. The van der Waals surface area contributed by atoms with Crippen molar-refractivity contribution in [3.05, 3.63) is 0 Å². The number of carbonyl (C=O) groups excluding carboxylic acids is 3. The number of nitrogens with zero attached hydrogens (tertiary/aromatic N) is 1. The number of likely N-dealkylation sites (tertiary alicyclic amines) is 1. The number of aliphatic carboxylic acids is 1. The van der Waals surface area contributed by atoms with Crippen LogP contribution in [0.25, 0.3) is 0 Å². The highest BCUT2D eigenvalue weighted by molar-refractivity contribution is 8.00. The second kappa shape index (κ2) is 6.38. The number of nitrogens with one attached hydrogen (secondary N) is 2. The SMILES string of the molecule is O=C(O)CCCC([C@H]1SC[C@@H]2NC(=O)N[C@@H]21)N1C(=O)CCC1=O. The van der Waals surface area contributed by atoms with Crippen molar-refractivity contribution >= 4 is 35.6 Å². The van der Waals surface area contributed by atoms with Gasteiger partial charge in [0.05, 0.1) is 18.1 Å². The minimum absolute atomic E-state index is 0.00279. The zero-order chi connectivity index (χ0) is 16.6. The molecule has 3 saturated heterocycles. The highest BCUT2D eigenvalue weighted by atomic mass is 32.2. The van der Waals surface area contributed by atoms with Crippen molar-refractivity contribution in [3.63, 3.8) is 0 Å². The van der Waals surface area contributed by atoms with Gasteiger partial charge in [-0.1, -0.05) is 0 Å². The Hall–Kier alpha value is -1.77. The van der Waals surface area contributed by atoms with Crippen LogP contribution in [0.3, 0.4) is 0 Å². The number of carboxylic acids is 1. The lowest BCUT2D eigenvalue weighted by atomic mass is 9.96. The van der Waals surface area contributed by atoms with Crippen LogP contribution in [-0.2, 0) is 14.4 Å². The largest absolute Gasteiger partial charge is 0.481 e. The van der Waals surface area contributed by atoms with Gasteiger partial charge in [-0.15, -0.1) is 0 Å². The zero-order valence-corrected chi connectivity index (χ0v) is 13.3. The van der Waals surface area contributed by atoms with Gasteiger partial charge < -0.3 is 15.7 Å². The van der Waals surface area contributed by atoms with E-state index in [1.54, 1.807) is 11.8 Å². The van der Waals surface area contributed by atoms with Gasteiger partial charge in [-0.2, -0.15) is 11.8 Å². The molecule has 0 bridgehead atoms. The fourth-order valence-electron chi connectivity index (χ4n) is 3.54. The minimum Gasteiger partial charge on any atom is -0.481 e. The third-order valence-electron chi connectivity index (χ3n) is 4.56. The first-order chi connectivity index (χ1) is 11.0. The number of fused-ring (bicyclic) bond motifs is 1. The normalized spacial score (nSPS) is 31.0. The summed E-state index contributed by atoms with van der Waals surface area (Å²) in [5, 5.41) is 14.4. The number of hydrogen-bond acceptors (Lipinski definition) is 5. The molecule has 0 aromatic heterocycles. The average Bonchev–Trinajstić information content (AvgIpc) is 3.11. The Bertz CT molecular complexity index is 539. The maximum Gasteiger partial charge on any atom is 0.315 e. The molecule has 0 aromatic carbocycles. The van der Waals surface area contributed by atoms with E-state index in [0.29, 0.717) is 12.8 Å². The van der Waals surface area contributed by atoms with Gasteiger partial charge in [0.25, 0.3) is 0 Å². The molecule has 3 aliphatic heterocycles. The molecule has 23 heavy (non-hydrogen) atoms. The van der Waals surface area contributed by atoms with Gasteiger partial charge >= 0.3 is 12.0 Å². The van der Waals surface area contributed by atoms with E-state index in [2.05, 4.69) is 10.6 Å². The molecule has 3 fully saturated rings. The summed E-state index contributed by atoms with van der Waals surface area (Å²) in [5.74, 6) is -0.566. The summed E-state index contributed by atoms with van der Waals surface area (Å²) in [4.78, 5) is 47.8. The van der Waals surface area contributed by atoms with E-state index >= 15 is 0 Å². The quantitative estimate of drug-likeness (QED) is 0.460. The van der Waals surface area contributed by atoms with Crippen molar-refractivity contribution in [2.24, 2.45) is 0 Å². The van der Waals surface area contributed by atoms with E-state index in [9.17, 15) is 19.2 Å². The van der Waals surface area contributed by atoms with Crippen LogP contribution in [0.5, 0.6) is 0 Å². The molecule has 4 amide bonds. The number of thioether (sulfide) groups is 1. The molecule has 0 radical (unpaired) electrons. The van der Waals surface area contributed by atoms with Gasteiger partial charge in [-0.25, -0.2) is 4.79 Å². The first-order valence-electron chi connectivity index (χ1n) is 7.72. The van der Waals surface area contributed by atoms with Gasteiger partial charge in [0, 0.05) is 30.3 Å². The van der Waals surface area contributed by atoms with Gasteiger partial charge in [-0.05, 0) is 12.8 Å². The third kappa shape index (κ3) is 3.15. The first kappa shape index (κ1) is 16.1. The fourth-order valence-corrected chi connectivity index (χ4v) is 5.21.